The molecule has 0 radical (unpaired) electrons. The van der Waals surface area contributed by atoms with E-state index in [9.17, 15) is 9.59 Å². The molecule has 11 heteroatoms. The Hall–Kier alpha value is -3.31. The third-order valence-corrected chi connectivity index (χ3v) is 8.37. The van der Waals surface area contributed by atoms with E-state index < -0.39 is 15.6 Å². The van der Waals surface area contributed by atoms with Crippen LogP contribution in [-0.2, 0) is 22.7 Å². The second-order valence-corrected chi connectivity index (χ2v) is 17.4. The van der Waals surface area contributed by atoms with Crippen LogP contribution in [0.2, 0.25) is 0 Å². The Balaban J connectivity index is 1.64. The lowest BCUT2D eigenvalue weighted by Gasteiger charge is -2.34. The topological polar surface area (TPSA) is 99.0 Å². The van der Waals surface area contributed by atoms with Crippen molar-refractivity contribution in [3.63, 3.8) is 0 Å². The highest BCUT2D eigenvalue weighted by atomic mass is 32.3. The van der Waals surface area contributed by atoms with Crippen molar-refractivity contribution in [3.05, 3.63) is 47.5 Å². The predicted octanol–water partition coefficient (Wildman–Crippen LogP) is 5.84. The first-order valence-electron chi connectivity index (χ1n) is 14.2. The molecule has 0 aromatic carbocycles. The van der Waals surface area contributed by atoms with Crippen LogP contribution in [0.25, 0.3) is 11.0 Å². The minimum absolute atomic E-state index is 0.108. The van der Waals surface area contributed by atoms with Crippen LogP contribution >= 0.6 is 10.0 Å². The van der Waals surface area contributed by atoms with Crippen molar-refractivity contribution in [1.29, 1.82) is 0 Å². The average molecular weight is 600 g/mol. The molecule has 1 aliphatic rings. The lowest BCUT2D eigenvalue weighted by Crippen LogP contribution is -2.41. The zero-order chi connectivity index (χ0) is 30.8. The molecule has 1 atom stereocenters. The number of hydrogen-bond acceptors (Lipinski definition) is 7. The Labute approximate surface area is 250 Å². The van der Waals surface area contributed by atoms with E-state index >= 15 is 0 Å². The molecular formula is C31H45N5O5S. The van der Waals surface area contributed by atoms with Crippen molar-refractivity contribution in [2.75, 3.05) is 51.8 Å². The van der Waals surface area contributed by atoms with Gasteiger partial charge in [0.25, 0.3) is 5.91 Å². The van der Waals surface area contributed by atoms with Crippen LogP contribution in [0.5, 0.6) is 11.5 Å². The minimum atomic E-state index is -0.697. The van der Waals surface area contributed by atoms with Gasteiger partial charge in [-0.1, -0.05) is 6.92 Å². The zero-order valence-electron chi connectivity index (χ0n) is 26.4. The van der Waals surface area contributed by atoms with Gasteiger partial charge >= 0.3 is 6.09 Å². The number of aromatic nitrogens is 3. The second-order valence-electron chi connectivity index (χ2n) is 12.8. The average Bonchev–Trinajstić information content (AvgIpc) is 3.27. The lowest BCUT2D eigenvalue weighted by atomic mass is 9.93. The van der Waals surface area contributed by atoms with Gasteiger partial charge in [0.2, 0.25) is 0 Å². The first-order valence-corrected chi connectivity index (χ1v) is 17.3. The molecule has 4 heterocycles. The number of rotatable bonds is 9. The summed E-state index contributed by atoms with van der Waals surface area (Å²) in [7, 11) is 2.75. The van der Waals surface area contributed by atoms with Crippen LogP contribution in [0, 0.1) is 0 Å². The van der Waals surface area contributed by atoms with Gasteiger partial charge in [0.1, 0.15) is 35.2 Å². The number of amides is 2. The van der Waals surface area contributed by atoms with E-state index in [4.69, 9.17) is 19.2 Å². The summed E-state index contributed by atoms with van der Waals surface area (Å²) < 4.78 is 19.8. The number of pyridine rings is 2. The number of fused-ring (bicyclic) bond motifs is 2. The molecule has 3 aromatic heterocycles. The van der Waals surface area contributed by atoms with Gasteiger partial charge in [-0.05, 0) is 69.7 Å². The smallest absolute Gasteiger partial charge is 0.410 e. The van der Waals surface area contributed by atoms with Gasteiger partial charge in [0.15, 0.2) is 0 Å². The van der Waals surface area contributed by atoms with Crippen LogP contribution in [-0.4, -0.2) is 93.7 Å². The van der Waals surface area contributed by atoms with Crippen LogP contribution in [0.15, 0.2) is 30.6 Å². The molecule has 0 fully saturated rings. The highest BCUT2D eigenvalue weighted by Gasteiger charge is 2.31. The molecule has 4 rings (SSSR count). The van der Waals surface area contributed by atoms with Crippen LogP contribution in [0.3, 0.4) is 0 Å². The van der Waals surface area contributed by atoms with E-state index in [0.29, 0.717) is 47.9 Å². The molecule has 0 N–H and O–H groups in total. The Morgan fingerprint density at radius 2 is 1.88 bits per heavy atom. The third kappa shape index (κ3) is 7.55. The zero-order valence-corrected chi connectivity index (χ0v) is 27.2. The van der Waals surface area contributed by atoms with Gasteiger partial charge in [-0.25, -0.2) is 19.8 Å². The van der Waals surface area contributed by atoms with Crippen LogP contribution in [0.1, 0.15) is 61.8 Å². The lowest BCUT2D eigenvalue weighted by molar-refractivity contribution is 0.0202. The molecule has 230 valence electrons. The molecule has 0 unspecified atom stereocenters. The Morgan fingerprint density at radius 1 is 1.14 bits per heavy atom. The fourth-order valence-corrected chi connectivity index (χ4v) is 5.42. The SMILES string of the molecule is CC[C@H]1CN(C(=O)OC(C)(C)C)Cc2cc(Oc3ccnc4c3cc(C(=O)N(C)C)n4COCCS(C)(C)C)cnc21. The first-order chi connectivity index (χ1) is 19.7. The van der Waals surface area contributed by atoms with E-state index in [1.807, 2.05) is 32.9 Å². The van der Waals surface area contributed by atoms with Crippen molar-refractivity contribution in [1.82, 2.24) is 24.3 Å². The third-order valence-electron chi connectivity index (χ3n) is 6.98. The van der Waals surface area contributed by atoms with Gasteiger partial charge in [-0.15, -0.1) is 0 Å². The summed E-state index contributed by atoms with van der Waals surface area (Å²) in [5.41, 5.74) is 2.41. The molecule has 2 amide bonds. The molecule has 0 spiro atoms. The number of nitrogens with zero attached hydrogens (tertiary/aromatic N) is 5. The number of carbonyl (C=O) groups excluding carboxylic acids is 2. The fourth-order valence-electron chi connectivity index (χ4n) is 4.80. The highest BCUT2D eigenvalue weighted by Crippen LogP contribution is 2.36. The Morgan fingerprint density at radius 3 is 2.52 bits per heavy atom. The summed E-state index contributed by atoms with van der Waals surface area (Å²) in [6.45, 7) is 9.46. The van der Waals surface area contributed by atoms with Crippen molar-refractivity contribution >= 4 is 33.1 Å². The molecule has 1 aliphatic heterocycles. The van der Waals surface area contributed by atoms with E-state index in [2.05, 4.69) is 30.7 Å². The molecule has 0 saturated heterocycles. The van der Waals surface area contributed by atoms with Crippen molar-refractivity contribution in [3.8, 4) is 11.5 Å². The van der Waals surface area contributed by atoms with E-state index in [1.54, 1.807) is 46.9 Å². The molecule has 42 heavy (non-hydrogen) atoms. The van der Waals surface area contributed by atoms with E-state index in [0.717, 1.165) is 23.4 Å². The number of ether oxygens (including phenoxy) is 3. The first kappa shape index (κ1) is 31.6. The summed E-state index contributed by atoms with van der Waals surface area (Å²) in [6, 6.07) is 5.53. The van der Waals surface area contributed by atoms with Crippen LogP contribution in [0.4, 0.5) is 4.79 Å². The maximum atomic E-state index is 13.1. The summed E-state index contributed by atoms with van der Waals surface area (Å²) in [5.74, 6) is 2.03. The van der Waals surface area contributed by atoms with E-state index in [1.165, 1.54) is 0 Å². The molecule has 0 aliphatic carbocycles. The fraction of sp³-hybridized carbons (Fsp3) is 0.548. The van der Waals surface area contributed by atoms with Crippen molar-refractivity contribution in [2.45, 2.75) is 58.9 Å². The van der Waals surface area contributed by atoms with Gasteiger partial charge in [-0.2, -0.15) is 0 Å². The molecular weight excluding hydrogens is 554 g/mol. The largest absolute Gasteiger partial charge is 0.455 e. The van der Waals surface area contributed by atoms with Crippen LogP contribution < -0.4 is 4.74 Å². The molecule has 3 aromatic rings. The number of carbonyl (C=O) groups is 2. The normalized spacial score (nSPS) is 15.8. The predicted molar refractivity (Wildman–Crippen MR) is 168 cm³/mol. The van der Waals surface area contributed by atoms with Crippen molar-refractivity contribution in [2.24, 2.45) is 0 Å². The van der Waals surface area contributed by atoms with Crippen molar-refractivity contribution < 1.29 is 23.8 Å². The maximum absolute atomic E-state index is 13.1. The van der Waals surface area contributed by atoms with Gasteiger partial charge in [-0.3, -0.25) is 14.3 Å². The maximum Gasteiger partial charge on any atom is 0.410 e. The summed E-state index contributed by atoms with van der Waals surface area (Å²) >= 11 is 0. The highest BCUT2D eigenvalue weighted by molar-refractivity contribution is 8.32. The quantitative estimate of drug-likeness (QED) is 0.285. The Bertz CT molecular complexity index is 1440. The van der Waals surface area contributed by atoms with E-state index in [-0.39, 0.29) is 24.6 Å². The standard InChI is InChI=1S/C31H45N5O5S/c1-10-21-18-35(30(38)41-31(2,3)4)19-22-15-23(17-33-27(21)22)40-26-11-12-32-28-24(26)16-25(29(37)34(5)6)36(28)20-39-13-14-42(7,8)9/h11-12,15-17,21H,10,13-14,18-20H2,1-9H3/t21-/m0/s1. The van der Waals surface area contributed by atoms with Gasteiger partial charge in [0, 0.05) is 38.5 Å². The minimum Gasteiger partial charge on any atom is -0.455 e. The van der Waals surface area contributed by atoms with Gasteiger partial charge in [0.05, 0.1) is 30.4 Å². The summed E-state index contributed by atoms with van der Waals surface area (Å²) in [4.78, 5) is 38.6. The molecule has 0 bridgehead atoms. The second kappa shape index (κ2) is 12.5. The van der Waals surface area contributed by atoms with Gasteiger partial charge < -0.3 is 24.0 Å². The Kier molecular flexibility index (Phi) is 9.42. The molecule has 10 nitrogen and oxygen atoms in total. The molecule has 0 saturated carbocycles. The monoisotopic (exact) mass is 599 g/mol. The summed E-state index contributed by atoms with van der Waals surface area (Å²) in [6.07, 6.45) is 10.7. The summed E-state index contributed by atoms with van der Waals surface area (Å²) in [5, 5.41) is 0.701. The number of hydrogen-bond donors (Lipinski definition) is 0.